The first kappa shape index (κ1) is 26.7. The van der Waals surface area contributed by atoms with E-state index in [0.29, 0.717) is 12.5 Å². The van der Waals surface area contributed by atoms with Gasteiger partial charge in [0.05, 0.1) is 12.0 Å². The summed E-state index contributed by atoms with van der Waals surface area (Å²) in [6, 6.07) is 4.12. The first-order valence-corrected chi connectivity index (χ1v) is 7.87. The van der Waals surface area contributed by atoms with E-state index in [1.54, 1.807) is 6.33 Å². The van der Waals surface area contributed by atoms with E-state index in [0.717, 1.165) is 43.9 Å². The molecule has 0 aliphatic rings. The molecule has 0 fully saturated rings. The molecule has 10 heteroatoms. The van der Waals surface area contributed by atoms with E-state index in [2.05, 4.69) is 36.6 Å². The maximum atomic E-state index is 5.82. The molecule has 26 heavy (non-hydrogen) atoms. The van der Waals surface area contributed by atoms with Crippen LogP contribution < -0.4 is 16.4 Å². The van der Waals surface area contributed by atoms with Gasteiger partial charge in [-0.3, -0.25) is 9.98 Å². The summed E-state index contributed by atoms with van der Waals surface area (Å²) in [4.78, 5) is 15.7. The molecule has 0 radical (unpaired) electrons. The van der Waals surface area contributed by atoms with Crippen LogP contribution in [-0.2, 0) is 13.0 Å². The molecule has 2 heterocycles. The highest BCUT2D eigenvalue weighted by molar-refractivity contribution is 5.86. The Hall–Kier alpha value is -1.54. The Bertz CT molecular complexity index is 588. The van der Waals surface area contributed by atoms with Gasteiger partial charge in [-0.15, -0.1) is 37.2 Å². The number of halogens is 3. The Morgan fingerprint density at radius 1 is 1.19 bits per heavy atom. The van der Waals surface area contributed by atoms with Gasteiger partial charge < -0.3 is 21.4 Å². The summed E-state index contributed by atoms with van der Waals surface area (Å²) in [6.45, 7) is 5.16. The molecule has 2 aromatic heterocycles. The second-order valence-electron chi connectivity index (χ2n) is 5.38. The topological polar surface area (TPSA) is 104 Å². The number of nitrogens with zero attached hydrogens (tertiary/aromatic N) is 3. The highest BCUT2D eigenvalue weighted by Crippen LogP contribution is 1.97. The summed E-state index contributed by atoms with van der Waals surface area (Å²) < 4.78 is 0. The number of nitrogens with one attached hydrogen (secondary N) is 3. The quantitative estimate of drug-likeness (QED) is 0.280. The summed E-state index contributed by atoms with van der Waals surface area (Å²) >= 11 is 0. The zero-order valence-corrected chi connectivity index (χ0v) is 17.2. The predicted molar refractivity (Wildman–Crippen MR) is 114 cm³/mol. The largest absolute Gasteiger partial charge is 0.370 e. The third kappa shape index (κ3) is 11.1. The fraction of sp³-hybridized carbons (Fsp3) is 0.438. The lowest BCUT2D eigenvalue weighted by Crippen LogP contribution is -2.33. The monoisotopic (exact) mass is 423 g/mol. The maximum absolute atomic E-state index is 5.82. The van der Waals surface area contributed by atoms with E-state index < -0.39 is 0 Å². The van der Waals surface area contributed by atoms with Crippen LogP contribution >= 0.6 is 37.2 Å². The smallest absolute Gasteiger partial charge is 0.188 e. The first-order valence-electron chi connectivity index (χ1n) is 7.87. The number of H-pyrrole nitrogens is 1. The van der Waals surface area contributed by atoms with Crippen molar-refractivity contribution in [3.05, 3.63) is 47.8 Å². The Labute approximate surface area is 173 Å². The maximum Gasteiger partial charge on any atom is 0.188 e. The van der Waals surface area contributed by atoms with Gasteiger partial charge in [-0.25, -0.2) is 4.98 Å². The number of rotatable bonds is 9. The standard InChI is InChI=1S/C16H25N7.3ClH/c1-13-3-4-14(22-9-13)10-18-6-2-7-20-16(17)21-8-5-15-11-19-12-23-15;;;/h3-4,9,11-12,18H,2,5-8,10H2,1H3,(H,19,23)(H3,17,20,21);3*1H. The fourth-order valence-electron chi connectivity index (χ4n) is 2.03. The van der Waals surface area contributed by atoms with Crippen molar-refractivity contribution in [1.29, 1.82) is 0 Å². The number of aromatic nitrogens is 3. The lowest BCUT2D eigenvalue weighted by atomic mass is 10.3. The first-order chi connectivity index (χ1) is 11.2. The summed E-state index contributed by atoms with van der Waals surface area (Å²) in [6.07, 6.45) is 7.16. The number of guanidine groups is 1. The van der Waals surface area contributed by atoms with E-state index in [4.69, 9.17) is 5.73 Å². The van der Waals surface area contributed by atoms with Gasteiger partial charge in [0.2, 0.25) is 0 Å². The molecule has 2 aromatic rings. The molecule has 5 N–H and O–H groups in total. The molecule has 0 saturated heterocycles. The van der Waals surface area contributed by atoms with Gasteiger partial charge in [0.1, 0.15) is 0 Å². The molecule has 2 rings (SSSR count). The molecule has 148 valence electrons. The Kier molecular flexibility index (Phi) is 16.1. The van der Waals surface area contributed by atoms with Crippen molar-refractivity contribution in [1.82, 2.24) is 25.6 Å². The Morgan fingerprint density at radius 3 is 2.65 bits per heavy atom. The lowest BCUT2D eigenvalue weighted by Gasteiger charge is -2.05. The van der Waals surface area contributed by atoms with Gasteiger partial charge in [0.25, 0.3) is 0 Å². The van der Waals surface area contributed by atoms with Gasteiger partial charge in [-0.1, -0.05) is 6.07 Å². The van der Waals surface area contributed by atoms with Crippen LogP contribution in [0.2, 0.25) is 0 Å². The van der Waals surface area contributed by atoms with E-state index in [1.807, 2.05) is 25.4 Å². The minimum Gasteiger partial charge on any atom is -0.370 e. The Balaban J connectivity index is 0. The van der Waals surface area contributed by atoms with E-state index in [1.165, 1.54) is 5.56 Å². The molecule has 0 amide bonds. The van der Waals surface area contributed by atoms with Crippen molar-refractivity contribution < 1.29 is 0 Å². The predicted octanol–water partition coefficient (Wildman–Crippen LogP) is 2.01. The molecule has 0 saturated carbocycles. The van der Waals surface area contributed by atoms with E-state index in [9.17, 15) is 0 Å². The number of hydrogen-bond donors (Lipinski definition) is 4. The SMILES string of the molecule is Cc1ccc(CNCCCN=C(N)NCCc2cnc[nH]2)nc1.Cl.Cl.Cl. The van der Waals surface area contributed by atoms with Crippen molar-refractivity contribution >= 4 is 43.2 Å². The molecule has 0 spiro atoms. The van der Waals surface area contributed by atoms with Crippen LogP contribution in [0.15, 0.2) is 35.8 Å². The zero-order valence-electron chi connectivity index (χ0n) is 14.8. The van der Waals surface area contributed by atoms with Crippen LogP contribution in [-0.4, -0.2) is 40.5 Å². The molecular weight excluding hydrogens is 397 g/mol. The number of aliphatic imine (C=N–C) groups is 1. The van der Waals surface area contributed by atoms with Crippen molar-refractivity contribution in [2.75, 3.05) is 19.6 Å². The van der Waals surface area contributed by atoms with Gasteiger partial charge >= 0.3 is 0 Å². The molecule has 0 aliphatic carbocycles. The molecule has 0 atom stereocenters. The second-order valence-corrected chi connectivity index (χ2v) is 5.38. The Morgan fingerprint density at radius 2 is 2.00 bits per heavy atom. The summed E-state index contributed by atoms with van der Waals surface area (Å²) in [5, 5.41) is 6.45. The average Bonchev–Trinajstić information content (AvgIpc) is 3.06. The fourth-order valence-corrected chi connectivity index (χ4v) is 2.03. The number of imidazole rings is 1. The molecule has 0 bridgehead atoms. The van der Waals surface area contributed by atoms with Crippen molar-refractivity contribution in [2.45, 2.75) is 26.3 Å². The van der Waals surface area contributed by atoms with Gasteiger partial charge in [0.15, 0.2) is 5.96 Å². The molecular formula is C16H28Cl3N7. The summed E-state index contributed by atoms with van der Waals surface area (Å²) in [5.41, 5.74) is 9.13. The minimum absolute atomic E-state index is 0. The third-order valence-corrected chi connectivity index (χ3v) is 3.33. The van der Waals surface area contributed by atoms with Crippen LogP contribution in [0.25, 0.3) is 0 Å². The van der Waals surface area contributed by atoms with Crippen LogP contribution in [0.5, 0.6) is 0 Å². The second kappa shape index (κ2) is 15.7. The third-order valence-electron chi connectivity index (χ3n) is 3.33. The van der Waals surface area contributed by atoms with E-state index >= 15 is 0 Å². The molecule has 0 aromatic carbocycles. The van der Waals surface area contributed by atoms with Gasteiger partial charge in [0, 0.05) is 44.1 Å². The number of aryl methyl sites for hydroxylation is 1. The summed E-state index contributed by atoms with van der Waals surface area (Å²) in [7, 11) is 0. The minimum atomic E-state index is 0. The van der Waals surface area contributed by atoms with Crippen molar-refractivity contribution in [3.8, 4) is 0 Å². The van der Waals surface area contributed by atoms with Crippen LogP contribution in [0.1, 0.15) is 23.4 Å². The van der Waals surface area contributed by atoms with Crippen molar-refractivity contribution in [3.63, 3.8) is 0 Å². The van der Waals surface area contributed by atoms with E-state index in [-0.39, 0.29) is 37.2 Å². The summed E-state index contributed by atoms with van der Waals surface area (Å²) in [5.74, 6) is 0.490. The van der Waals surface area contributed by atoms with Crippen molar-refractivity contribution in [2.24, 2.45) is 10.7 Å². The zero-order chi connectivity index (χ0) is 16.3. The average molecular weight is 425 g/mol. The number of aromatic amines is 1. The highest BCUT2D eigenvalue weighted by Gasteiger charge is 1.96. The molecule has 7 nitrogen and oxygen atoms in total. The van der Waals surface area contributed by atoms with Gasteiger partial charge in [-0.2, -0.15) is 0 Å². The molecule has 0 unspecified atom stereocenters. The highest BCUT2D eigenvalue weighted by atomic mass is 35.5. The normalized spacial score (nSPS) is 10.3. The van der Waals surface area contributed by atoms with Crippen LogP contribution in [0.4, 0.5) is 0 Å². The lowest BCUT2D eigenvalue weighted by molar-refractivity contribution is 0.645. The molecule has 0 aliphatic heterocycles. The van der Waals surface area contributed by atoms with Gasteiger partial charge in [-0.05, 0) is 31.5 Å². The van der Waals surface area contributed by atoms with Crippen LogP contribution in [0.3, 0.4) is 0 Å². The number of hydrogen-bond acceptors (Lipinski definition) is 4. The van der Waals surface area contributed by atoms with Crippen LogP contribution in [0, 0.1) is 6.92 Å². The number of pyridine rings is 1. The number of nitrogens with two attached hydrogens (primary N) is 1.